The molecule has 10 unspecified atom stereocenters. The maximum atomic E-state index is 13.9. The average molecular weight is 1420 g/mol. The van der Waals surface area contributed by atoms with Crippen molar-refractivity contribution in [1.82, 2.24) is 21.3 Å². The summed E-state index contributed by atoms with van der Waals surface area (Å²) in [5, 5.41) is 11.8. The number of alkyl carbamates (subject to hydrolysis) is 4. The van der Waals surface area contributed by atoms with Gasteiger partial charge >= 0.3 is 60.2 Å². The second-order valence-corrected chi connectivity index (χ2v) is 30.4. The van der Waals surface area contributed by atoms with Crippen molar-refractivity contribution in [1.29, 1.82) is 0 Å². The fraction of sp³-hybridized carbons (Fsp3) is 0.688. The Bertz CT molecular complexity index is 2960. The minimum atomic E-state index is -1.09. The molecule has 24 nitrogen and oxygen atoms in total. The van der Waals surface area contributed by atoms with Gasteiger partial charge in [0.1, 0.15) is 37.6 Å². The van der Waals surface area contributed by atoms with Crippen molar-refractivity contribution in [3.63, 3.8) is 0 Å². The first-order valence-corrected chi connectivity index (χ1v) is 35.9. The van der Waals surface area contributed by atoms with Crippen LogP contribution >= 0.6 is 0 Å². The summed E-state index contributed by atoms with van der Waals surface area (Å²) in [6.07, 6.45) is 9.83. The van der Waals surface area contributed by atoms with Crippen LogP contribution in [-0.4, -0.2) is 148 Å². The number of hydrogen-bond acceptors (Lipinski definition) is 20. The number of hydrogen-bond donors (Lipinski definition) is 4. The summed E-state index contributed by atoms with van der Waals surface area (Å²) in [6, 6.07) is 5.77. The van der Waals surface area contributed by atoms with Crippen molar-refractivity contribution in [2.45, 2.75) is 254 Å². The normalized spacial score (nSPS) is 20.6. The molecule has 0 aromatic heterocycles. The van der Waals surface area contributed by atoms with E-state index in [0.29, 0.717) is 101 Å². The SMILES string of the molecule is C=CC(=O)OCC(COC(=O)C(=C)C)OC(=O)NCC1(C)CC(NC(=O)OCCC(C)CCC(CC)(CCCC)OC(=O)c2ccc(C(=O)OCCC(C)CCC(CC)(CCC)OC(=O)NC3CC(C)(C)CC(C)(CNC(=O)OC(COC(=O)C=C)COC(=O)C(=C)C)C3)cc2)CC(C)(C)C1. The fourth-order valence-electron chi connectivity index (χ4n) is 13.9. The Balaban J connectivity index is 1.50. The molecule has 0 bridgehead atoms. The standard InChI is InChI=1S/C77H120N4O20/c1-19-25-35-77(24-6,37-31-55(12)33-39-93-70(90)80-58-40-72(13,14)48-74(17,42-58)50-78-68(88)98-60(44-94-62(82)21-3)46-96-64(84)52(7)8)100-67(87)57-28-26-56(27-29-57)66(86)92-38-32-54(11)30-36-76(23-5,34-20-2)101-71(91)81-59-41-73(15,16)49-75(18,43-59)51-79-69(89)99-61(45-95-63(83)22-4)47-97-65(85)53(9)10/h21-22,26-29,54-55,58-61H,3-4,7,9,19-20,23-25,30-51H2,1-2,5-6,8,10-18H3,(H,78,88)(H,79,89)(H,80,90)(H,81,91). The number of nitrogens with one attached hydrogen (secondary N) is 4. The van der Waals surface area contributed by atoms with Gasteiger partial charge in [-0.25, -0.2) is 47.9 Å². The summed E-state index contributed by atoms with van der Waals surface area (Å²) in [5.74, 6) is -3.61. The van der Waals surface area contributed by atoms with E-state index in [0.717, 1.165) is 44.3 Å². The highest BCUT2D eigenvalue weighted by Crippen LogP contribution is 2.47. The molecule has 2 aliphatic rings. The van der Waals surface area contributed by atoms with Crippen molar-refractivity contribution in [3.8, 4) is 0 Å². The van der Waals surface area contributed by atoms with Gasteiger partial charge in [-0.15, -0.1) is 0 Å². The van der Waals surface area contributed by atoms with Gasteiger partial charge in [-0.2, -0.15) is 0 Å². The zero-order chi connectivity index (χ0) is 75.8. The van der Waals surface area contributed by atoms with Crippen LogP contribution in [0.2, 0.25) is 0 Å². The number of carbonyl (C=O) groups excluding carboxylic acids is 10. The summed E-state index contributed by atoms with van der Waals surface area (Å²) in [7, 11) is 0. The maximum Gasteiger partial charge on any atom is 0.407 e. The van der Waals surface area contributed by atoms with E-state index < -0.39 is 94.4 Å². The molecule has 1 aromatic carbocycles. The van der Waals surface area contributed by atoms with Gasteiger partial charge in [-0.3, -0.25) is 0 Å². The number of esters is 6. The summed E-state index contributed by atoms with van der Waals surface area (Å²) in [5.41, 5.74) is -1.91. The monoisotopic (exact) mass is 1420 g/mol. The Hall–Kier alpha value is -7.92. The fourth-order valence-corrected chi connectivity index (χ4v) is 13.9. The van der Waals surface area contributed by atoms with Crippen molar-refractivity contribution < 1.29 is 95.3 Å². The Morgan fingerprint density at radius 3 is 1.32 bits per heavy atom. The molecule has 0 spiro atoms. The van der Waals surface area contributed by atoms with Crippen LogP contribution in [0.25, 0.3) is 0 Å². The molecule has 10 atom stereocenters. The Morgan fingerprint density at radius 2 is 0.911 bits per heavy atom. The van der Waals surface area contributed by atoms with E-state index in [-0.39, 0.29) is 98.6 Å². The van der Waals surface area contributed by atoms with Crippen LogP contribution in [-0.2, 0) is 66.5 Å². The van der Waals surface area contributed by atoms with E-state index >= 15 is 0 Å². The third-order valence-electron chi connectivity index (χ3n) is 18.9. The van der Waals surface area contributed by atoms with Gasteiger partial charge in [0, 0.05) is 48.5 Å². The summed E-state index contributed by atoms with van der Waals surface area (Å²) >= 11 is 0. The molecule has 0 radical (unpaired) electrons. The van der Waals surface area contributed by atoms with Crippen LogP contribution < -0.4 is 21.3 Å². The third kappa shape index (κ3) is 32.7. The average Bonchev–Trinajstić information content (AvgIpc) is 0.805. The summed E-state index contributed by atoms with van der Waals surface area (Å²) < 4.78 is 55.6. The van der Waals surface area contributed by atoms with Crippen LogP contribution in [0.5, 0.6) is 0 Å². The van der Waals surface area contributed by atoms with Crippen molar-refractivity contribution in [2.75, 3.05) is 52.7 Å². The zero-order valence-corrected chi connectivity index (χ0v) is 63.0. The quantitative estimate of drug-likeness (QED) is 0.0268. The van der Waals surface area contributed by atoms with Crippen LogP contribution in [0.3, 0.4) is 0 Å². The highest BCUT2D eigenvalue weighted by molar-refractivity contribution is 5.93. The maximum absolute atomic E-state index is 13.9. The lowest BCUT2D eigenvalue weighted by molar-refractivity contribution is -0.148. The van der Waals surface area contributed by atoms with Gasteiger partial charge in [0.2, 0.25) is 0 Å². The lowest BCUT2D eigenvalue weighted by Crippen LogP contribution is -2.51. The molecule has 101 heavy (non-hydrogen) atoms. The molecule has 3 rings (SSSR count). The second kappa shape index (κ2) is 41.9. The molecule has 2 fully saturated rings. The van der Waals surface area contributed by atoms with E-state index in [9.17, 15) is 47.9 Å². The molecule has 0 aliphatic heterocycles. The highest BCUT2D eigenvalue weighted by atomic mass is 16.6. The van der Waals surface area contributed by atoms with Crippen molar-refractivity contribution in [3.05, 3.63) is 85.0 Å². The largest absolute Gasteiger partial charge is 0.462 e. The minimum Gasteiger partial charge on any atom is -0.462 e. The van der Waals surface area contributed by atoms with Gasteiger partial charge in [-0.05, 0) is 181 Å². The molecular formula is C77H120N4O20. The van der Waals surface area contributed by atoms with E-state index in [2.05, 4.69) is 103 Å². The number of rotatable bonds is 43. The molecule has 24 heteroatoms. The van der Waals surface area contributed by atoms with Crippen LogP contribution in [0, 0.1) is 33.5 Å². The molecule has 1 aromatic rings. The van der Waals surface area contributed by atoms with E-state index in [1.54, 1.807) is 24.3 Å². The molecule has 568 valence electrons. The molecular weight excluding hydrogens is 1300 g/mol. The van der Waals surface area contributed by atoms with Crippen LogP contribution in [0.1, 0.15) is 240 Å². The predicted molar refractivity (Wildman–Crippen MR) is 382 cm³/mol. The smallest absolute Gasteiger partial charge is 0.407 e. The number of ether oxygens (including phenoxy) is 10. The van der Waals surface area contributed by atoms with Gasteiger partial charge < -0.3 is 68.6 Å². The molecule has 4 N–H and O–H groups in total. The number of carbonyl (C=O) groups is 10. The van der Waals surface area contributed by atoms with Crippen molar-refractivity contribution >= 4 is 60.2 Å². The van der Waals surface area contributed by atoms with Gasteiger partial charge in [-0.1, -0.05) is 122 Å². The molecule has 2 aliphatic carbocycles. The summed E-state index contributed by atoms with van der Waals surface area (Å²) in [4.78, 5) is 128. The van der Waals surface area contributed by atoms with Gasteiger partial charge in [0.15, 0.2) is 12.2 Å². The number of unbranched alkanes of at least 4 members (excludes halogenated alkanes) is 1. The summed E-state index contributed by atoms with van der Waals surface area (Å²) in [6.45, 7) is 40.9. The first-order valence-electron chi connectivity index (χ1n) is 35.9. The van der Waals surface area contributed by atoms with Gasteiger partial charge in [0.25, 0.3) is 0 Å². The predicted octanol–water partition coefficient (Wildman–Crippen LogP) is 14.4. The lowest BCUT2D eigenvalue weighted by atomic mass is 9.62. The number of benzene rings is 1. The zero-order valence-electron chi connectivity index (χ0n) is 63.0. The molecule has 0 saturated heterocycles. The highest BCUT2D eigenvalue weighted by Gasteiger charge is 2.45. The van der Waals surface area contributed by atoms with E-state index in [1.165, 1.54) is 13.8 Å². The Labute approximate surface area is 600 Å². The molecule has 2 saturated carbocycles. The van der Waals surface area contributed by atoms with Gasteiger partial charge in [0.05, 0.1) is 24.3 Å². The molecule has 4 amide bonds. The Kier molecular flexibility index (Phi) is 36.2. The number of amides is 4. The minimum absolute atomic E-state index is 0.118. The second-order valence-electron chi connectivity index (χ2n) is 30.4. The van der Waals surface area contributed by atoms with E-state index in [4.69, 9.17) is 47.4 Å². The van der Waals surface area contributed by atoms with E-state index in [1.807, 2.05) is 27.7 Å². The van der Waals surface area contributed by atoms with Crippen molar-refractivity contribution in [2.24, 2.45) is 33.5 Å². The lowest BCUT2D eigenvalue weighted by Gasteiger charge is -2.47. The van der Waals surface area contributed by atoms with Crippen LogP contribution in [0.4, 0.5) is 19.2 Å². The van der Waals surface area contributed by atoms with Crippen LogP contribution in [0.15, 0.2) is 73.9 Å². The topological polar surface area (TPSA) is 311 Å². The Morgan fingerprint density at radius 1 is 0.505 bits per heavy atom. The molecule has 0 heterocycles. The first-order chi connectivity index (χ1) is 47.4. The first kappa shape index (κ1) is 87.3. The third-order valence-corrected chi connectivity index (χ3v) is 18.9.